The number of aromatic carboxylic acids is 1. The lowest BCUT2D eigenvalue weighted by Crippen LogP contribution is -2.22. The molecule has 1 fully saturated rings. The second kappa shape index (κ2) is 8.05. The lowest BCUT2D eigenvalue weighted by Gasteiger charge is -2.12. The largest absolute Gasteiger partial charge is 0.491 e. The van der Waals surface area contributed by atoms with E-state index in [9.17, 15) is 9.59 Å². The Balaban J connectivity index is 1.56. The molecular formula is C19H21NO6. The average molecular weight is 359 g/mol. The monoisotopic (exact) mass is 359 g/mol. The maximum atomic E-state index is 12.3. The van der Waals surface area contributed by atoms with Crippen LogP contribution in [-0.2, 0) is 11.3 Å². The third kappa shape index (κ3) is 4.43. The molecule has 1 atom stereocenters. The van der Waals surface area contributed by atoms with Crippen LogP contribution in [0.1, 0.15) is 45.1 Å². The third-order valence-corrected chi connectivity index (χ3v) is 4.18. The van der Waals surface area contributed by atoms with Crippen LogP contribution in [0.15, 0.2) is 34.7 Å². The van der Waals surface area contributed by atoms with Crippen molar-refractivity contribution < 1.29 is 28.6 Å². The van der Waals surface area contributed by atoms with Crippen molar-refractivity contribution in [1.82, 2.24) is 5.32 Å². The minimum absolute atomic E-state index is 0.0961. The molecule has 1 unspecified atom stereocenters. The Labute approximate surface area is 150 Å². The van der Waals surface area contributed by atoms with E-state index in [1.807, 2.05) is 0 Å². The predicted molar refractivity (Wildman–Crippen MR) is 92.5 cm³/mol. The van der Waals surface area contributed by atoms with Crippen LogP contribution in [0.4, 0.5) is 0 Å². The van der Waals surface area contributed by atoms with Gasteiger partial charge in [-0.25, -0.2) is 4.79 Å². The first-order valence-corrected chi connectivity index (χ1v) is 8.48. The van der Waals surface area contributed by atoms with Gasteiger partial charge in [0, 0.05) is 12.2 Å². The Morgan fingerprint density at radius 3 is 2.88 bits per heavy atom. The molecule has 1 aliphatic rings. The molecule has 0 radical (unpaired) electrons. The van der Waals surface area contributed by atoms with E-state index >= 15 is 0 Å². The van der Waals surface area contributed by atoms with Gasteiger partial charge in [-0.2, -0.15) is 0 Å². The molecule has 26 heavy (non-hydrogen) atoms. The fourth-order valence-corrected chi connectivity index (χ4v) is 2.80. The Morgan fingerprint density at radius 1 is 1.35 bits per heavy atom. The molecule has 2 N–H and O–H groups in total. The van der Waals surface area contributed by atoms with E-state index in [-0.39, 0.29) is 24.1 Å². The lowest BCUT2D eigenvalue weighted by atomic mass is 10.2. The van der Waals surface area contributed by atoms with Gasteiger partial charge in [-0.05, 0) is 44.0 Å². The molecule has 1 aliphatic heterocycles. The van der Waals surface area contributed by atoms with Crippen LogP contribution >= 0.6 is 0 Å². The third-order valence-electron chi connectivity index (χ3n) is 4.18. The molecular weight excluding hydrogens is 338 g/mol. The smallest absolute Gasteiger partial charge is 0.339 e. The molecule has 0 bridgehead atoms. The highest BCUT2D eigenvalue weighted by Crippen LogP contribution is 2.18. The zero-order chi connectivity index (χ0) is 18.5. The summed E-state index contributed by atoms with van der Waals surface area (Å²) >= 11 is 0. The number of furan rings is 1. The van der Waals surface area contributed by atoms with Gasteiger partial charge in [0.15, 0.2) is 0 Å². The molecule has 7 heteroatoms. The average Bonchev–Trinajstić information content (AvgIpc) is 3.27. The zero-order valence-electron chi connectivity index (χ0n) is 14.5. The number of amides is 1. The van der Waals surface area contributed by atoms with Crippen molar-refractivity contribution in [2.24, 2.45) is 0 Å². The van der Waals surface area contributed by atoms with Crippen molar-refractivity contribution in [1.29, 1.82) is 0 Å². The fraction of sp³-hybridized carbons (Fsp3) is 0.368. The minimum atomic E-state index is -1.06. The quantitative estimate of drug-likeness (QED) is 0.789. The minimum Gasteiger partial charge on any atom is -0.491 e. The number of aryl methyl sites for hydroxylation is 1. The second-order valence-corrected chi connectivity index (χ2v) is 6.14. The summed E-state index contributed by atoms with van der Waals surface area (Å²) < 4.78 is 16.6. The Hall–Kier alpha value is -2.80. The molecule has 1 amide bonds. The summed E-state index contributed by atoms with van der Waals surface area (Å²) in [7, 11) is 0. The number of benzene rings is 1. The molecule has 0 saturated carbocycles. The number of nitrogens with one attached hydrogen (secondary N) is 1. The number of hydrogen-bond acceptors (Lipinski definition) is 5. The summed E-state index contributed by atoms with van der Waals surface area (Å²) in [6.07, 6.45) is 2.14. The number of carboxylic acid groups (broad SMARTS) is 1. The van der Waals surface area contributed by atoms with Crippen molar-refractivity contribution >= 4 is 11.9 Å². The number of ether oxygens (including phenoxy) is 2. The highest BCUT2D eigenvalue weighted by Gasteiger charge is 2.17. The van der Waals surface area contributed by atoms with E-state index in [1.165, 1.54) is 6.07 Å². The molecule has 1 aromatic carbocycles. The summed E-state index contributed by atoms with van der Waals surface area (Å²) in [4.78, 5) is 23.3. The molecule has 1 saturated heterocycles. The number of carbonyl (C=O) groups is 2. The van der Waals surface area contributed by atoms with E-state index in [0.717, 1.165) is 19.4 Å². The van der Waals surface area contributed by atoms with Gasteiger partial charge < -0.3 is 24.3 Å². The van der Waals surface area contributed by atoms with E-state index in [4.69, 9.17) is 19.0 Å². The molecule has 138 valence electrons. The second-order valence-electron chi connectivity index (χ2n) is 6.14. The van der Waals surface area contributed by atoms with E-state index in [1.54, 1.807) is 31.2 Å². The zero-order valence-corrected chi connectivity index (χ0v) is 14.5. The summed E-state index contributed by atoms with van der Waals surface area (Å²) in [6.45, 7) is 2.92. The van der Waals surface area contributed by atoms with Gasteiger partial charge in [-0.1, -0.05) is 6.07 Å². The number of hydrogen-bond donors (Lipinski definition) is 2. The maximum absolute atomic E-state index is 12.3. The summed E-state index contributed by atoms with van der Waals surface area (Å²) in [5.74, 6) is -0.0427. The van der Waals surface area contributed by atoms with Crippen molar-refractivity contribution in [3.63, 3.8) is 0 Å². The van der Waals surface area contributed by atoms with Gasteiger partial charge in [0.25, 0.3) is 5.91 Å². The topological polar surface area (TPSA) is 98.0 Å². The van der Waals surface area contributed by atoms with Gasteiger partial charge >= 0.3 is 5.97 Å². The van der Waals surface area contributed by atoms with Crippen molar-refractivity contribution in [3.8, 4) is 5.75 Å². The van der Waals surface area contributed by atoms with Crippen LogP contribution in [-0.4, -0.2) is 36.3 Å². The fourth-order valence-electron chi connectivity index (χ4n) is 2.80. The predicted octanol–water partition coefficient (Wildman–Crippen LogP) is 2.77. The normalized spacial score (nSPS) is 16.4. The Kier molecular flexibility index (Phi) is 5.58. The molecule has 2 heterocycles. The van der Waals surface area contributed by atoms with Crippen LogP contribution in [0.25, 0.3) is 0 Å². The van der Waals surface area contributed by atoms with Gasteiger partial charge in [0.05, 0.1) is 12.6 Å². The van der Waals surface area contributed by atoms with Crippen molar-refractivity contribution in [2.75, 3.05) is 13.2 Å². The molecule has 3 rings (SSSR count). The summed E-state index contributed by atoms with van der Waals surface area (Å²) in [5, 5.41) is 11.7. The Morgan fingerprint density at radius 2 is 2.19 bits per heavy atom. The number of rotatable bonds is 7. The highest BCUT2D eigenvalue weighted by molar-refractivity contribution is 5.94. The van der Waals surface area contributed by atoms with Crippen molar-refractivity contribution in [2.45, 2.75) is 32.4 Å². The van der Waals surface area contributed by atoms with Crippen LogP contribution in [0, 0.1) is 6.92 Å². The van der Waals surface area contributed by atoms with E-state index < -0.39 is 5.97 Å². The summed E-state index contributed by atoms with van der Waals surface area (Å²) in [5.41, 5.74) is 0.551. The standard InChI is InChI=1S/C19H21NO6/c1-12-17(19(22)23)9-16(26-12)10-20-18(21)13-4-2-5-14(8-13)25-11-15-6-3-7-24-15/h2,4-5,8-9,15H,3,6-7,10-11H2,1H3,(H,20,21)(H,22,23). The van der Waals surface area contributed by atoms with Crippen LogP contribution < -0.4 is 10.1 Å². The maximum Gasteiger partial charge on any atom is 0.339 e. The van der Waals surface area contributed by atoms with Crippen LogP contribution in [0.3, 0.4) is 0 Å². The van der Waals surface area contributed by atoms with E-state index in [2.05, 4.69) is 5.32 Å². The first-order valence-electron chi connectivity index (χ1n) is 8.48. The molecule has 0 aliphatic carbocycles. The first kappa shape index (κ1) is 18.0. The molecule has 7 nitrogen and oxygen atoms in total. The van der Waals surface area contributed by atoms with Crippen LogP contribution in [0.2, 0.25) is 0 Å². The molecule has 2 aromatic rings. The Bertz CT molecular complexity index is 791. The van der Waals surface area contributed by atoms with Gasteiger partial charge in [0.2, 0.25) is 0 Å². The van der Waals surface area contributed by atoms with Gasteiger partial charge in [-0.15, -0.1) is 0 Å². The van der Waals surface area contributed by atoms with Crippen molar-refractivity contribution in [3.05, 3.63) is 53.0 Å². The lowest BCUT2D eigenvalue weighted by molar-refractivity contribution is 0.0678. The van der Waals surface area contributed by atoms with Gasteiger partial charge in [-0.3, -0.25) is 4.79 Å². The first-order chi connectivity index (χ1) is 12.5. The highest BCUT2D eigenvalue weighted by atomic mass is 16.5. The molecule has 1 aromatic heterocycles. The van der Waals surface area contributed by atoms with E-state index in [0.29, 0.717) is 29.4 Å². The summed E-state index contributed by atoms with van der Waals surface area (Å²) in [6, 6.07) is 8.31. The van der Waals surface area contributed by atoms with Crippen LogP contribution in [0.5, 0.6) is 5.75 Å². The number of carboxylic acids is 1. The number of carbonyl (C=O) groups excluding carboxylic acids is 1. The molecule has 0 spiro atoms. The van der Waals surface area contributed by atoms with Gasteiger partial charge in [0.1, 0.15) is 29.4 Å². The SMILES string of the molecule is Cc1oc(CNC(=O)c2cccc(OCC3CCCO3)c2)cc1C(=O)O.